The molecule has 5 N–H and O–H groups in total. The number of pyridine rings is 1. The molecule has 1 aliphatic carbocycles. The first kappa shape index (κ1) is 22.0. The molecule has 0 spiro atoms. The van der Waals surface area contributed by atoms with Gasteiger partial charge in [-0.15, -0.1) is 11.3 Å². The molecule has 174 valence electrons. The first-order valence-corrected chi connectivity index (χ1v) is 12.0. The number of hydrogen-bond donors (Lipinski definition) is 3. The van der Waals surface area contributed by atoms with E-state index in [9.17, 15) is 4.79 Å². The lowest BCUT2D eigenvalue weighted by molar-refractivity contribution is 0.0129. The van der Waals surface area contributed by atoms with Crippen LogP contribution in [0.25, 0.3) is 10.3 Å². The van der Waals surface area contributed by atoms with Gasteiger partial charge < -0.3 is 26.4 Å². The first-order chi connectivity index (χ1) is 15.8. The zero-order chi connectivity index (χ0) is 23.3. The van der Waals surface area contributed by atoms with Crippen molar-refractivity contribution in [2.24, 2.45) is 5.73 Å². The molecule has 3 aromatic rings. The highest BCUT2D eigenvalue weighted by molar-refractivity contribution is 7.21. The topological polar surface area (TPSA) is 132 Å². The van der Waals surface area contributed by atoms with Crippen LogP contribution in [0.2, 0.25) is 0 Å². The van der Waals surface area contributed by atoms with E-state index in [0.717, 1.165) is 48.6 Å². The van der Waals surface area contributed by atoms with Crippen LogP contribution in [0, 0.1) is 6.92 Å². The fourth-order valence-corrected chi connectivity index (χ4v) is 5.67. The highest BCUT2D eigenvalue weighted by Crippen LogP contribution is 2.32. The van der Waals surface area contributed by atoms with Gasteiger partial charge >= 0.3 is 0 Å². The summed E-state index contributed by atoms with van der Waals surface area (Å²) in [5, 5.41) is 3.15. The minimum Gasteiger partial charge on any atom is -0.396 e. The number of nitrogens with one attached hydrogen (secondary N) is 1. The van der Waals surface area contributed by atoms with Gasteiger partial charge in [-0.25, -0.2) is 15.0 Å². The van der Waals surface area contributed by atoms with E-state index in [1.807, 2.05) is 19.9 Å². The van der Waals surface area contributed by atoms with Crippen molar-refractivity contribution < 1.29 is 9.53 Å². The molecular weight excluding hydrogens is 438 g/mol. The molecule has 3 atom stereocenters. The van der Waals surface area contributed by atoms with Gasteiger partial charge in [-0.05, 0) is 44.7 Å². The SMILES string of the molecule is CO[C@]1(C)CN(c2ccc3c(n2)CC[C@H](NC(=O)c2sc4nc(C)cnc4c2N)C3)C[C@H]1N. The molecule has 0 radical (unpaired) electrons. The molecule has 1 amide bonds. The number of ether oxygens (including phenoxy) is 1. The van der Waals surface area contributed by atoms with E-state index in [0.29, 0.717) is 27.5 Å². The van der Waals surface area contributed by atoms with Crippen molar-refractivity contribution in [1.29, 1.82) is 0 Å². The summed E-state index contributed by atoms with van der Waals surface area (Å²) in [6.45, 7) is 5.35. The van der Waals surface area contributed by atoms with Crippen LogP contribution in [0.1, 0.15) is 40.0 Å². The molecule has 3 aromatic heterocycles. The van der Waals surface area contributed by atoms with Gasteiger partial charge in [-0.1, -0.05) is 6.07 Å². The molecule has 4 heterocycles. The first-order valence-electron chi connectivity index (χ1n) is 11.1. The van der Waals surface area contributed by atoms with Gasteiger partial charge in [-0.2, -0.15) is 0 Å². The molecule has 2 aliphatic rings. The van der Waals surface area contributed by atoms with Crippen molar-refractivity contribution in [3.8, 4) is 0 Å². The van der Waals surface area contributed by atoms with Crippen LogP contribution in [0.5, 0.6) is 0 Å². The van der Waals surface area contributed by atoms with E-state index >= 15 is 0 Å². The highest BCUT2D eigenvalue weighted by atomic mass is 32.1. The zero-order valence-electron chi connectivity index (χ0n) is 19.1. The number of methoxy groups -OCH3 is 1. The van der Waals surface area contributed by atoms with Crippen LogP contribution >= 0.6 is 11.3 Å². The van der Waals surface area contributed by atoms with Crippen LogP contribution in [-0.2, 0) is 17.6 Å². The smallest absolute Gasteiger partial charge is 0.263 e. The largest absolute Gasteiger partial charge is 0.396 e. The van der Waals surface area contributed by atoms with Gasteiger partial charge in [0, 0.05) is 38.1 Å². The summed E-state index contributed by atoms with van der Waals surface area (Å²) in [6.07, 6.45) is 4.03. The fourth-order valence-electron chi connectivity index (χ4n) is 4.67. The number of anilines is 2. The zero-order valence-corrected chi connectivity index (χ0v) is 19.9. The van der Waals surface area contributed by atoms with Gasteiger partial charge in [0.05, 0.1) is 23.0 Å². The van der Waals surface area contributed by atoms with Crippen LogP contribution in [0.3, 0.4) is 0 Å². The molecule has 5 rings (SSSR count). The Morgan fingerprint density at radius 3 is 2.94 bits per heavy atom. The summed E-state index contributed by atoms with van der Waals surface area (Å²) in [5.41, 5.74) is 16.2. The molecule has 33 heavy (non-hydrogen) atoms. The Hall–Kier alpha value is -2.82. The molecule has 0 aromatic carbocycles. The number of aromatic nitrogens is 3. The number of rotatable bonds is 4. The van der Waals surface area contributed by atoms with E-state index in [-0.39, 0.29) is 23.6 Å². The second-order valence-electron chi connectivity index (χ2n) is 9.20. The standard InChI is InChI=1S/C23H29N7O2S/c1-12-9-26-19-18(25)20(33-22(19)27-12)21(31)28-14-5-6-15-13(8-14)4-7-17(29-15)30-10-16(24)23(2,11-30)32-3/h4,7,9,14,16H,5-6,8,10-11,24-25H2,1-3H3,(H,28,31)/t14-,16+,23+/m0/s1. The third kappa shape index (κ3) is 3.92. The predicted molar refractivity (Wildman–Crippen MR) is 130 cm³/mol. The number of hydrogen-bond acceptors (Lipinski definition) is 9. The Morgan fingerprint density at radius 2 is 2.18 bits per heavy atom. The van der Waals surface area contributed by atoms with E-state index < -0.39 is 0 Å². The summed E-state index contributed by atoms with van der Waals surface area (Å²) in [6, 6.07) is 4.13. The maximum atomic E-state index is 13.0. The van der Waals surface area contributed by atoms with E-state index in [1.54, 1.807) is 13.3 Å². The van der Waals surface area contributed by atoms with Crippen LogP contribution in [0.15, 0.2) is 18.3 Å². The molecule has 1 aliphatic heterocycles. The number of aryl methyl sites for hydroxylation is 2. The van der Waals surface area contributed by atoms with Crippen LogP contribution in [-0.4, -0.2) is 58.7 Å². The highest BCUT2D eigenvalue weighted by Gasteiger charge is 2.41. The van der Waals surface area contributed by atoms with Crippen LogP contribution in [0.4, 0.5) is 11.5 Å². The number of carbonyl (C=O) groups excluding carboxylic acids is 1. The summed E-state index contributed by atoms with van der Waals surface area (Å²) >= 11 is 1.29. The Kier molecular flexibility index (Phi) is 5.46. The predicted octanol–water partition coefficient (Wildman–Crippen LogP) is 1.82. The number of carbonyl (C=O) groups is 1. The minimum atomic E-state index is -0.370. The van der Waals surface area contributed by atoms with Crippen molar-refractivity contribution in [2.45, 2.75) is 50.8 Å². The number of thiophene rings is 1. The average molecular weight is 468 g/mol. The Morgan fingerprint density at radius 1 is 1.36 bits per heavy atom. The maximum Gasteiger partial charge on any atom is 0.263 e. The molecular formula is C23H29N7O2S. The average Bonchev–Trinajstić information content (AvgIpc) is 3.29. The quantitative estimate of drug-likeness (QED) is 0.529. The second kappa shape index (κ2) is 8.19. The molecule has 10 heteroatoms. The third-order valence-electron chi connectivity index (χ3n) is 6.85. The van der Waals surface area contributed by atoms with Crippen molar-refractivity contribution in [2.75, 3.05) is 30.8 Å². The lowest BCUT2D eigenvalue weighted by Gasteiger charge is -2.27. The van der Waals surface area contributed by atoms with E-state index in [2.05, 4.69) is 26.3 Å². The number of nitrogens with two attached hydrogens (primary N) is 2. The van der Waals surface area contributed by atoms with Crippen LogP contribution < -0.4 is 21.7 Å². The van der Waals surface area contributed by atoms with Crippen molar-refractivity contribution in [3.05, 3.63) is 40.2 Å². The summed E-state index contributed by atoms with van der Waals surface area (Å²) in [4.78, 5) is 30.0. The van der Waals surface area contributed by atoms with Gasteiger partial charge in [0.1, 0.15) is 21.0 Å². The molecule has 0 bridgehead atoms. The third-order valence-corrected chi connectivity index (χ3v) is 7.93. The summed E-state index contributed by atoms with van der Waals surface area (Å²) < 4.78 is 5.65. The van der Waals surface area contributed by atoms with Crippen molar-refractivity contribution >= 4 is 39.1 Å². The van der Waals surface area contributed by atoms with E-state index in [4.69, 9.17) is 21.2 Å². The number of nitrogens with zero attached hydrogens (tertiary/aromatic N) is 4. The van der Waals surface area contributed by atoms with Crippen molar-refractivity contribution in [1.82, 2.24) is 20.3 Å². The summed E-state index contributed by atoms with van der Waals surface area (Å²) in [5.74, 6) is 0.763. The molecule has 0 saturated carbocycles. The summed E-state index contributed by atoms with van der Waals surface area (Å²) in [7, 11) is 1.71. The van der Waals surface area contributed by atoms with Gasteiger partial charge in [0.15, 0.2) is 0 Å². The number of fused-ring (bicyclic) bond motifs is 2. The molecule has 0 unspecified atom stereocenters. The normalized spacial score (nSPS) is 24.8. The minimum absolute atomic E-state index is 0.0295. The van der Waals surface area contributed by atoms with E-state index in [1.165, 1.54) is 11.3 Å². The lowest BCUT2D eigenvalue weighted by Crippen LogP contribution is -2.45. The Bertz CT molecular complexity index is 1230. The fraction of sp³-hybridized carbons (Fsp3) is 0.478. The number of nitrogen functional groups attached to an aromatic ring is 1. The Labute approximate surface area is 196 Å². The van der Waals surface area contributed by atoms with Crippen molar-refractivity contribution in [3.63, 3.8) is 0 Å². The molecule has 1 fully saturated rings. The Balaban J connectivity index is 1.28. The monoisotopic (exact) mass is 467 g/mol. The number of amides is 1. The van der Waals surface area contributed by atoms with Gasteiger partial charge in [0.2, 0.25) is 0 Å². The van der Waals surface area contributed by atoms with Gasteiger partial charge in [0.25, 0.3) is 5.91 Å². The van der Waals surface area contributed by atoms with Gasteiger partial charge in [-0.3, -0.25) is 4.79 Å². The molecule has 1 saturated heterocycles. The second-order valence-corrected chi connectivity index (χ2v) is 10.2. The maximum absolute atomic E-state index is 13.0. The molecule has 9 nitrogen and oxygen atoms in total. The lowest BCUT2D eigenvalue weighted by atomic mass is 9.91.